The fourth-order valence-corrected chi connectivity index (χ4v) is 2.42. The van der Waals surface area contributed by atoms with Crippen molar-refractivity contribution in [2.45, 2.75) is 32.2 Å². The van der Waals surface area contributed by atoms with E-state index in [9.17, 15) is 9.59 Å². The molecule has 1 unspecified atom stereocenters. The second kappa shape index (κ2) is 6.52. The van der Waals surface area contributed by atoms with Crippen molar-refractivity contribution in [2.75, 3.05) is 19.6 Å². The maximum Gasteiger partial charge on any atom is 0.251 e. The molecule has 1 aromatic rings. The summed E-state index contributed by atoms with van der Waals surface area (Å²) in [5.41, 5.74) is 0.159. The molecule has 5 heteroatoms. The molecule has 1 aliphatic rings. The molecule has 1 atom stereocenters. The molecule has 0 radical (unpaired) electrons. The van der Waals surface area contributed by atoms with Crippen LogP contribution in [0.2, 0.25) is 0 Å². The number of H-pyrrole nitrogens is 1. The summed E-state index contributed by atoms with van der Waals surface area (Å²) < 4.78 is 0. The first kappa shape index (κ1) is 13.8. The Kier molecular flexibility index (Phi) is 4.74. The fourth-order valence-electron chi connectivity index (χ4n) is 2.42. The number of hydrogen-bond acceptors (Lipinski definition) is 3. The predicted octanol–water partition coefficient (Wildman–Crippen LogP) is 0.979. The van der Waals surface area contributed by atoms with Crippen LogP contribution in [0.5, 0.6) is 0 Å². The number of piperidine rings is 1. The highest BCUT2D eigenvalue weighted by Crippen LogP contribution is 2.11. The molecule has 0 spiro atoms. The minimum atomic E-state index is -0.253. The van der Waals surface area contributed by atoms with Crippen LogP contribution in [-0.4, -0.2) is 41.5 Å². The normalized spacial score (nSPS) is 17.9. The molecule has 1 fully saturated rings. The lowest BCUT2D eigenvalue weighted by Crippen LogP contribution is -2.44. The molecule has 19 heavy (non-hydrogen) atoms. The molecule has 104 valence electrons. The summed E-state index contributed by atoms with van der Waals surface area (Å²) in [6, 6.07) is 3.27. The molecule has 5 nitrogen and oxygen atoms in total. The van der Waals surface area contributed by atoms with Gasteiger partial charge in [0, 0.05) is 30.4 Å². The number of carbonyl (C=O) groups is 1. The van der Waals surface area contributed by atoms with Crippen LogP contribution in [0.1, 0.15) is 36.5 Å². The Morgan fingerprint density at radius 3 is 2.84 bits per heavy atom. The summed E-state index contributed by atoms with van der Waals surface area (Å²) in [5.74, 6) is -0.185. The van der Waals surface area contributed by atoms with E-state index in [1.807, 2.05) is 0 Å². The predicted molar refractivity (Wildman–Crippen MR) is 74.3 cm³/mol. The summed E-state index contributed by atoms with van der Waals surface area (Å²) in [7, 11) is 0. The first-order chi connectivity index (χ1) is 9.16. The summed E-state index contributed by atoms with van der Waals surface area (Å²) >= 11 is 0. The third-order valence-corrected chi connectivity index (χ3v) is 3.61. The lowest BCUT2D eigenvalue weighted by molar-refractivity contribution is 0.0930. The van der Waals surface area contributed by atoms with Crippen molar-refractivity contribution in [3.63, 3.8) is 0 Å². The molecule has 0 aliphatic carbocycles. The second-order valence-corrected chi connectivity index (χ2v) is 5.10. The highest BCUT2D eigenvalue weighted by Gasteiger charge is 2.17. The van der Waals surface area contributed by atoms with E-state index >= 15 is 0 Å². The molecule has 1 aromatic heterocycles. The first-order valence-electron chi connectivity index (χ1n) is 6.88. The van der Waals surface area contributed by atoms with Crippen LogP contribution >= 0.6 is 0 Å². The minimum absolute atomic E-state index is 0.185. The summed E-state index contributed by atoms with van der Waals surface area (Å²) in [5, 5.41) is 2.89. The molecule has 1 amide bonds. The number of nitrogens with zero attached hydrogens (tertiary/aromatic N) is 1. The van der Waals surface area contributed by atoms with Gasteiger partial charge in [0.05, 0.1) is 0 Å². The van der Waals surface area contributed by atoms with Gasteiger partial charge < -0.3 is 10.3 Å². The number of carbonyl (C=O) groups excluding carboxylic acids is 1. The van der Waals surface area contributed by atoms with E-state index in [0.717, 1.165) is 13.1 Å². The van der Waals surface area contributed by atoms with E-state index < -0.39 is 0 Å². The summed E-state index contributed by atoms with van der Waals surface area (Å²) in [6.07, 6.45) is 5.28. The Labute approximate surface area is 113 Å². The molecule has 1 aliphatic heterocycles. The lowest BCUT2D eigenvalue weighted by Gasteiger charge is -2.32. The largest absolute Gasteiger partial charge is 0.350 e. The van der Waals surface area contributed by atoms with Crippen molar-refractivity contribution in [1.29, 1.82) is 0 Å². The van der Waals surface area contributed by atoms with Gasteiger partial charge >= 0.3 is 0 Å². The van der Waals surface area contributed by atoms with Gasteiger partial charge in [0.25, 0.3) is 5.91 Å². The number of pyridine rings is 1. The number of nitrogens with one attached hydrogen (secondary N) is 2. The molecule has 0 saturated carbocycles. The monoisotopic (exact) mass is 263 g/mol. The number of likely N-dealkylation sites (tertiary alicyclic amines) is 1. The van der Waals surface area contributed by atoms with Gasteiger partial charge in [0.15, 0.2) is 0 Å². The van der Waals surface area contributed by atoms with Gasteiger partial charge in [-0.3, -0.25) is 14.5 Å². The maximum absolute atomic E-state index is 11.9. The number of rotatable bonds is 4. The number of amides is 1. The molecule has 0 bridgehead atoms. The van der Waals surface area contributed by atoms with Crippen molar-refractivity contribution in [1.82, 2.24) is 15.2 Å². The van der Waals surface area contributed by atoms with Crippen LogP contribution < -0.4 is 10.9 Å². The van der Waals surface area contributed by atoms with E-state index in [-0.39, 0.29) is 11.5 Å². The van der Waals surface area contributed by atoms with Gasteiger partial charge in [0.1, 0.15) is 0 Å². The molecule has 0 aromatic carbocycles. The van der Waals surface area contributed by atoms with Crippen LogP contribution in [-0.2, 0) is 0 Å². The van der Waals surface area contributed by atoms with Crippen molar-refractivity contribution in [2.24, 2.45) is 0 Å². The average Bonchev–Trinajstić information content (AvgIpc) is 2.45. The van der Waals surface area contributed by atoms with E-state index in [1.165, 1.54) is 31.5 Å². The van der Waals surface area contributed by atoms with E-state index in [1.54, 1.807) is 6.07 Å². The van der Waals surface area contributed by atoms with Crippen LogP contribution in [0.3, 0.4) is 0 Å². The summed E-state index contributed by atoms with van der Waals surface area (Å²) in [4.78, 5) is 27.9. The van der Waals surface area contributed by atoms with Gasteiger partial charge in [-0.1, -0.05) is 6.42 Å². The standard InChI is InChI=1S/C14H21N3O2/c1-11(17-7-3-2-4-8-17)10-16-14(19)12-5-6-15-13(18)9-12/h5-6,9,11H,2-4,7-8,10H2,1H3,(H,15,18)(H,16,19). The van der Waals surface area contributed by atoms with Crippen molar-refractivity contribution in [3.05, 3.63) is 34.2 Å². The zero-order valence-corrected chi connectivity index (χ0v) is 11.3. The van der Waals surface area contributed by atoms with Crippen LogP contribution in [0.25, 0.3) is 0 Å². The van der Waals surface area contributed by atoms with Gasteiger partial charge in [0.2, 0.25) is 5.56 Å². The zero-order chi connectivity index (χ0) is 13.7. The Bertz CT molecular complexity index is 478. The smallest absolute Gasteiger partial charge is 0.251 e. The van der Waals surface area contributed by atoms with Gasteiger partial charge in [-0.2, -0.15) is 0 Å². The van der Waals surface area contributed by atoms with Crippen LogP contribution in [0, 0.1) is 0 Å². The van der Waals surface area contributed by atoms with Crippen molar-refractivity contribution < 1.29 is 4.79 Å². The quantitative estimate of drug-likeness (QED) is 0.851. The molecular formula is C14H21N3O2. The van der Waals surface area contributed by atoms with Crippen molar-refractivity contribution in [3.8, 4) is 0 Å². The minimum Gasteiger partial charge on any atom is -0.350 e. The van der Waals surface area contributed by atoms with E-state index in [4.69, 9.17) is 0 Å². The molecule has 2 heterocycles. The third-order valence-electron chi connectivity index (χ3n) is 3.61. The van der Waals surface area contributed by atoms with E-state index in [2.05, 4.69) is 22.1 Å². The highest BCUT2D eigenvalue weighted by molar-refractivity contribution is 5.93. The number of aromatic nitrogens is 1. The Balaban J connectivity index is 1.84. The lowest BCUT2D eigenvalue weighted by atomic mass is 10.1. The van der Waals surface area contributed by atoms with Crippen LogP contribution in [0.15, 0.2) is 23.1 Å². The van der Waals surface area contributed by atoms with Crippen molar-refractivity contribution >= 4 is 5.91 Å². The van der Waals surface area contributed by atoms with Crippen LogP contribution in [0.4, 0.5) is 0 Å². The topological polar surface area (TPSA) is 65.2 Å². The Morgan fingerprint density at radius 1 is 1.42 bits per heavy atom. The maximum atomic E-state index is 11.9. The fraction of sp³-hybridized carbons (Fsp3) is 0.571. The molecular weight excluding hydrogens is 242 g/mol. The molecule has 1 saturated heterocycles. The molecule has 2 N–H and O–H groups in total. The number of hydrogen-bond donors (Lipinski definition) is 2. The Morgan fingerprint density at radius 2 is 2.16 bits per heavy atom. The number of aromatic amines is 1. The van der Waals surface area contributed by atoms with E-state index in [0.29, 0.717) is 18.2 Å². The SMILES string of the molecule is CC(CNC(=O)c1cc[nH]c(=O)c1)N1CCCCC1. The third kappa shape index (κ3) is 3.92. The second-order valence-electron chi connectivity index (χ2n) is 5.10. The average molecular weight is 263 g/mol. The first-order valence-corrected chi connectivity index (χ1v) is 6.88. The van der Waals surface area contributed by atoms with Gasteiger partial charge in [-0.25, -0.2) is 0 Å². The highest BCUT2D eigenvalue weighted by atomic mass is 16.2. The molecule has 2 rings (SSSR count). The Hall–Kier alpha value is -1.62. The zero-order valence-electron chi connectivity index (χ0n) is 11.3. The summed E-state index contributed by atoms with van der Waals surface area (Å²) in [6.45, 7) is 4.97. The van der Waals surface area contributed by atoms with Gasteiger partial charge in [-0.15, -0.1) is 0 Å². The van der Waals surface area contributed by atoms with Gasteiger partial charge in [-0.05, 0) is 38.9 Å².